The van der Waals surface area contributed by atoms with E-state index in [2.05, 4.69) is 25.3 Å². The molecule has 35 heavy (non-hydrogen) atoms. The van der Waals surface area contributed by atoms with E-state index in [1.54, 1.807) is 12.4 Å². The average molecular weight is 514 g/mol. The van der Waals surface area contributed by atoms with Crippen LogP contribution in [0.2, 0.25) is 0 Å². The molecule has 1 unspecified atom stereocenters. The standard InChI is InChI=1S/C21H23N9O3S2/c1-10-23-8-15(34-10)14-7-26-30-18(22)17(35(2,32)33)16(27-20(14)30)11-5-12-3-4-13(6-11)29(12)21(31)19-24-9-25-28-19/h7-9,11-13H,3-6,22H2,1-2H3,(H,24,25,28)/t11?,12-,13+. The number of aromatic amines is 1. The predicted molar refractivity (Wildman–Crippen MR) is 128 cm³/mol. The van der Waals surface area contributed by atoms with Crippen LogP contribution in [-0.4, -0.2) is 72.3 Å². The molecule has 3 N–H and O–H groups in total. The zero-order valence-corrected chi connectivity index (χ0v) is 20.7. The SMILES string of the molecule is Cc1ncc(-c2cnn3c(N)c(S(C)(=O)=O)c(C4C[C@H]5CC[C@@H](C4)N5C(=O)c4ncn[nH]4)nc23)s1. The van der Waals surface area contributed by atoms with Crippen LogP contribution in [-0.2, 0) is 9.84 Å². The molecule has 4 aromatic heterocycles. The van der Waals surface area contributed by atoms with Crippen LogP contribution in [0.5, 0.6) is 0 Å². The maximum Gasteiger partial charge on any atom is 0.291 e. The molecule has 6 rings (SSSR count). The lowest BCUT2D eigenvalue weighted by molar-refractivity contribution is 0.0556. The molecule has 14 heteroatoms. The summed E-state index contributed by atoms with van der Waals surface area (Å²) in [5.41, 5.74) is 8.12. The van der Waals surface area contributed by atoms with Crippen molar-refractivity contribution in [2.45, 2.75) is 55.5 Å². The van der Waals surface area contributed by atoms with E-state index in [9.17, 15) is 13.2 Å². The Morgan fingerprint density at radius 3 is 2.54 bits per heavy atom. The number of fused-ring (bicyclic) bond motifs is 3. The number of aromatic nitrogens is 7. The van der Waals surface area contributed by atoms with Gasteiger partial charge in [0.05, 0.1) is 27.3 Å². The van der Waals surface area contributed by atoms with E-state index in [4.69, 9.17) is 10.7 Å². The molecule has 182 valence electrons. The number of aryl methyl sites for hydroxylation is 1. The van der Waals surface area contributed by atoms with Gasteiger partial charge in [-0.05, 0) is 32.6 Å². The van der Waals surface area contributed by atoms with Crippen molar-refractivity contribution in [1.82, 2.24) is 39.7 Å². The van der Waals surface area contributed by atoms with Crippen molar-refractivity contribution < 1.29 is 13.2 Å². The second-order valence-electron chi connectivity index (χ2n) is 9.12. The second-order valence-corrected chi connectivity index (χ2v) is 12.3. The number of piperidine rings is 1. The Hall–Kier alpha value is -3.39. The summed E-state index contributed by atoms with van der Waals surface area (Å²) in [6.45, 7) is 1.92. The maximum absolute atomic E-state index is 13.0. The van der Waals surface area contributed by atoms with Crippen LogP contribution in [0.25, 0.3) is 16.1 Å². The van der Waals surface area contributed by atoms with E-state index in [0.717, 1.165) is 34.5 Å². The number of nitrogens with zero attached hydrogens (tertiary/aromatic N) is 7. The van der Waals surface area contributed by atoms with Crippen molar-refractivity contribution >= 4 is 38.5 Å². The Bertz CT molecular complexity index is 1540. The van der Waals surface area contributed by atoms with Crippen molar-refractivity contribution in [2.24, 2.45) is 0 Å². The molecule has 2 fully saturated rings. The third-order valence-electron chi connectivity index (χ3n) is 6.89. The summed E-state index contributed by atoms with van der Waals surface area (Å²) in [4.78, 5) is 29.0. The van der Waals surface area contributed by atoms with Gasteiger partial charge in [0.2, 0.25) is 5.82 Å². The lowest BCUT2D eigenvalue weighted by atomic mass is 9.87. The number of H-pyrrole nitrogens is 1. The molecule has 0 saturated carbocycles. The zero-order chi connectivity index (χ0) is 24.5. The fraction of sp³-hybridized carbons (Fsp3) is 0.429. The lowest BCUT2D eigenvalue weighted by Crippen LogP contribution is -2.46. The Morgan fingerprint density at radius 1 is 1.20 bits per heavy atom. The van der Waals surface area contributed by atoms with Crippen molar-refractivity contribution in [3.8, 4) is 10.4 Å². The zero-order valence-electron chi connectivity index (χ0n) is 19.0. The summed E-state index contributed by atoms with van der Waals surface area (Å²) < 4.78 is 27.2. The summed E-state index contributed by atoms with van der Waals surface area (Å²) in [5, 5.41) is 11.7. The summed E-state index contributed by atoms with van der Waals surface area (Å²) in [7, 11) is -3.70. The molecule has 6 heterocycles. The van der Waals surface area contributed by atoms with E-state index in [-0.39, 0.29) is 40.4 Å². The minimum absolute atomic E-state index is 0.0135. The number of thiazole rings is 1. The van der Waals surface area contributed by atoms with Crippen LogP contribution < -0.4 is 5.73 Å². The molecule has 2 aliphatic heterocycles. The van der Waals surface area contributed by atoms with Gasteiger partial charge in [0.25, 0.3) is 5.91 Å². The van der Waals surface area contributed by atoms with Gasteiger partial charge in [0.1, 0.15) is 17.0 Å². The topological polar surface area (TPSA) is 165 Å². The van der Waals surface area contributed by atoms with Crippen molar-refractivity contribution in [3.63, 3.8) is 0 Å². The molecule has 0 aromatic carbocycles. The first-order valence-corrected chi connectivity index (χ1v) is 13.9. The van der Waals surface area contributed by atoms with Gasteiger partial charge in [-0.2, -0.15) is 14.7 Å². The van der Waals surface area contributed by atoms with Gasteiger partial charge in [0.15, 0.2) is 15.5 Å². The highest BCUT2D eigenvalue weighted by Crippen LogP contribution is 2.45. The largest absolute Gasteiger partial charge is 0.382 e. The predicted octanol–water partition coefficient (Wildman–Crippen LogP) is 1.82. The quantitative estimate of drug-likeness (QED) is 0.414. The number of anilines is 1. The number of hydrogen-bond acceptors (Lipinski definition) is 10. The van der Waals surface area contributed by atoms with E-state index in [1.807, 2.05) is 11.8 Å². The molecular formula is C21H23N9O3S2. The number of amides is 1. The molecule has 0 radical (unpaired) electrons. The number of nitrogens with two attached hydrogens (primary N) is 1. The third-order valence-corrected chi connectivity index (χ3v) is 9.00. The Balaban J connectivity index is 1.45. The highest BCUT2D eigenvalue weighted by molar-refractivity contribution is 7.91. The number of rotatable bonds is 4. The molecule has 2 saturated heterocycles. The first kappa shape index (κ1) is 22.1. The highest BCUT2D eigenvalue weighted by Gasteiger charge is 2.46. The number of hydrogen-bond donors (Lipinski definition) is 2. The van der Waals surface area contributed by atoms with Crippen molar-refractivity contribution in [2.75, 3.05) is 12.0 Å². The number of nitrogens with one attached hydrogen (secondary N) is 1. The Kier molecular flexibility index (Phi) is 4.93. The Morgan fingerprint density at radius 2 is 1.94 bits per heavy atom. The Labute approximate surface area is 204 Å². The second kappa shape index (κ2) is 7.81. The molecule has 0 spiro atoms. The lowest BCUT2D eigenvalue weighted by Gasteiger charge is -2.38. The first-order valence-electron chi connectivity index (χ1n) is 11.2. The van der Waals surface area contributed by atoms with E-state index in [1.165, 1.54) is 22.2 Å². The van der Waals surface area contributed by atoms with Crippen LogP contribution in [0.4, 0.5) is 5.82 Å². The van der Waals surface area contributed by atoms with Gasteiger partial charge in [-0.25, -0.2) is 23.4 Å². The maximum atomic E-state index is 13.0. The number of sulfone groups is 1. The molecule has 4 aromatic rings. The first-order chi connectivity index (χ1) is 16.7. The number of nitrogen functional groups attached to an aromatic ring is 1. The summed E-state index contributed by atoms with van der Waals surface area (Å²) in [6, 6.07) is -0.0897. The third kappa shape index (κ3) is 3.50. The summed E-state index contributed by atoms with van der Waals surface area (Å²) in [6.07, 6.45) is 8.71. The highest BCUT2D eigenvalue weighted by atomic mass is 32.2. The van der Waals surface area contributed by atoms with Gasteiger partial charge < -0.3 is 10.6 Å². The van der Waals surface area contributed by atoms with Gasteiger partial charge >= 0.3 is 0 Å². The van der Waals surface area contributed by atoms with Crippen LogP contribution in [0.1, 0.15) is 52.9 Å². The van der Waals surface area contributed by atoms with Gasteiger partial charge in [-0.1, -0.05) is 0 Å². The van der Waals surface area contributed by atoms with Crippen LogP contribution >= 0.6 is 11.3 Å². The fourth-order valence-corrected chi connectivity index (χ4v) is 7.34. The summed E-state index contributed by atoms with van der Waals surface area (Å²) >= 11 is 1.51. The van der Waals surface area contributed by atoms with E-state index in [0.29, 0.717) is 24.2 Å². The van der Waals surface area contributed by atoms with Crippen molar-refractivity contribution in [1.29, 1.82) is 0 Å². The van der Waals surface area contributed by atoms with E-state index >= 15 is 0 Å². The fourth-order valence-electron chi connectivity index (χ4n) is 5.50. The van der Waals surface area contributed by atoms with Gasteiger partial charge in [-0.15, -0.1) is 11.3 Å². The minimum atomic E-state index is -3.70. The van der Waals surface area contributed by atoms with Gasteiger partial charge in [0, 0.05) is 30.5 Å². The molecule has 0 aliphatic carbocycles. The molecule has 1 amide bonds. The van der Waals surface area contributed by atoms with Crippen LogP contribution in [0, 0.1) is 6.92 Å². The smallest absolute Gasteiger partial charge is 0.291 e. The molecule has 2 aliphatic rings. The number of carbonyl (C=O) groups excluding carboxylic acids is 1. The molecule has 2 bridgehead atoms. The van der Waals surface area contributed by atoms with Crippen LogP contribution in [0.15, 0.2) is 23.6 Å². The van der Waals surface area contributed by atoms with Gasteiger partial charge in [-0.3, -0.25) is 9.89 Å². The number of carbonyl (C=O) groups is 1. The molecule has 3 atom stereocenters. The normalized spacial score (nSPS) is 22.2. The molecular weight excluding hydrogens is 490 g/mol. The van der Waals surface area contributed by atoms with E-state index < -0.39 is 9.84 Å². The minimum Gasteiger partial charge on any atom is -0.382 e. The average Bonchev–Trinajstić information content (AvgIpc) is 3.59. The van der Waals surface area contributed by atoms with Crippen molar-refractivity contribution in [3.05, 3.63) is 35.2 Å². The monoisotopic (exact) mass is 513 g/mol. The molecule has 12 nitrogen and oxygen atoms in total. The van der Waals surface area contributed by atoms with Crippen LogP contribution in [0.3, 0.4) is 0 Å². The summed E-state index contributed by atoms with van der Waals surface area (Å²) in [5.74, 6) is -0.0928.